The molecule has 12 heteroatoms. The molecule has 1 aliphatic rings. The molecule has 0 bridgehead atoms. The predicted octanol–water partition coefficient (Wildman–Crippen LogP) is 4.99. The molecule has 1 N–H and O–H groups in total. The lowest BCUT2D eigenvalue weighted by Gasteiger charge is -2.24. The lowest BCUT2D eigenvalue weighted by molar-refractivity contribution is 0.0789. The van der Waals surface area contributed by atoms with Crippen LogP contribution in [0.1, 0.15) is 27.1 Å². The quantitative estimate of drug-likeness (QED) is 0.302. The normalized spacial score (nSPS) is 15.0. The number of fused-ring (bicyclic) bond motifs is 1. The molecule has 2 heterocycles. The van der Waals surface area contributed by atoms with E-state index in [0.717, 1.165) is 10.6 Å². The number of carbonyl (C=O) groups is 2. The zero-order valence-corrected chi connectivity index (χ0v) is 24.2. The van der Waals surface area contributed by atoms with Gasteiger partial charge in [-0.05, 0) is 54.4 Å². The summed E-state index contributed by atoms with van der Waals surface area (Å²) in [5.74, 6) is -1.36. The maximum atomic E-state index is 13.7. The molecular formula is C31H28F2N4O5S. The molecule has 3 aromatic carbocycles. The van der Waals surface area contributed by atoms with Crippen LogP contribution in [0.5, 0.6) is 0 Å². The highest BCUT2D eigenvalue weighted by molar-refractivity contribution is 7.92. The Morgan fingerprint density at radius 2 is 1.88 bits per heavy atom. The van der Waals surface area contributed by atoms with Crippen molar-refractivity contribution in [3.63, 3.8) is 0 Å². The average molecular weight is 607 g/mol. The van der Waals surface area contributed by atoms with Gasteiger partial charge in [-0.25, -0.2) is 17.2 Å². The fourth-order valence-corrected chi connectivity index (χ4v) is 6.23. The topological polar surface area (TPSA) is 124 Å². The van der Waals surface area contributed by atoms with Crippen molar-refractivity contribution in [1.29, 1.82) is 5.26 Å². The minimum atomic E-state index is -3.98. The Labute approximate surface area is 247 Å². The number of rotatable bonds is 8. The van der Waals surface area contributed by atoms with Gasteiger partial charge in [0.05, 0.1) is 36.0 Å². The molecule has 4 aromatic rings. The number of benzene rings is 3. The minimum absolute atomic E-state index is 0.0887. The molecule has 2 amide bonds. The summed E-state index contributed by atoms with van der Waals surface area (Å²) in [6.07, 6.45) is 1.53. The molecule has 0 saturated carbocycles. The first-order chi connectivity index (χ1) is 20.5. The van der Waals surface area contributed by atoms with E-state index >= 15 is 0 Å². The molecule has 1 saturated heterocycles. The number of hydrogen-bond acceptors (Lipinski definition) is 6. The van der Waals surface area contributed by atoms with Gasteiger partial charge in [0.15, 0.2) is 0 Å². The van der Waals surface area contributed by atoms with Gasteiger partial charge in [0.25, 0.3) is 11.8 Å². The monoisotopic (exact) mass is 606 g/mol. The van der Waals surface area contributed by atoms with Crippen molar-refractivity contribution in [2.45, 2.75) is 6.42 Å². The third-order valence-electron chi connectivity index (χ3n) is 7.40. The summed E-state index contributed by atoms with van der Waals surface area (Å²) in [7, 11) is -2.54. The summed E-state index contributed by atoms with van der Waals surface area (Å²) in [5, 5.41) is 12.2. The SMILES string of the molecule is CNC(=O)c1c(-c2ccc(F)cc2)oc2cc(N(CCF)S(C)(=O)=O)c(-c3cccc(C(=O)N4CC[C@@H](C#N)C4)c3)cc12. The lowest BCUT2D eigenvalue weighted by Crippen LogP contribution is -2.32. The average Bonchev–Trinajstić information content (AvgIpc) is 3.63. The number of nitrogens with zero attached hydrogens (tertiary/aromatic N) is 3. The largest absolute Gasteiger partial charge is 0.455 e. The van der Waals surface area contributed by atoms with Crippen LogP contribution >= 0.6 is 0 Å². The highest BCUT2D eigenvalue weighted by Gasteiger charge is 2.29. The fourth-order valence-electron chi connectivity index (χ4n) is 5.32. The summed E-state index contributed by atoms with van der Waals surface area (Å²) < 4.78 is 60.1. The standard InChI is InChI=1S/C31H28F2N4O5S/c1-35-30(38)28-25-15-24(21-4-3-5-22(14-21)31(39)36-12-10-19(17-34)18-36)26(37(13-11-32)43(2,40)41)16-27(25)42-29(28)20-6-8-23(33)9-7-20/h3-9,14-16,19H,10-13,18H2,1-2H3,(H,35,38)/t19-/m0/s1. The molecule has 9 nitrogen and oxygen atoms in total. The summed E-state index contributed by atoms with van der Waals surface area (Å²) >= 11 is 0. The third-order valence-corrected chi connectivity index (χ3v) is 8.58. The number of amides is 2. The molecule has 43 heavy (non-hydrogen) atoms. The zero-order valence-electron chi connectivity index (χ0n) is 23.4. The van der Waals surface area contributed by atoms with Crippen molar-refractivity contribution in [2.75, 3.05) is 43.9 Å². The number of halogens is 2. The van der Waals surface area contributed by atoms with Crippen LogP contribution in [0.4, 0.5) is 14.5 Å². The molecule has 0 unspecified atom stereocenters. The van der Waals surface area contributed by atoms with Crippen molar-refractivity contribution in [3.8, 4) is 28.5 Å². The zero-order chi connectivity index (χ0) is 30.9. The van der Waals surface area contributed by atoms with Gasteiger partial charge < -0.3 is 14.6 Å². The number of nitrogens with one attached hydrogen (secondary N) is 1. The van der Waals surface area contributed by atoms with Gasteiger partial charge in [0.1, 0.15) is 23.8 Å². The van der Waals surface area contributed by atoms with Crippen LogP contribution in [0, 0.1) is 23.1 Å². The van der Waals surface area contributed by atoms with Gasteiger partial charge in [-0.1, -0.05) is 12.1 Å². The molecule has 1 atom stereocenters. The number of hydrogen-bond donors (Lipinski definition) is 1. The Kier molecular flexibility index (Phi) is 8.19. The van der Waals surface area contributed by atoms with E-state index in [-0.39, 0.29) is 34.4 Å². The summed E-state index contributed by atoms with van der Waals surface area (Å²) in [4.78, 5) is 28.1. The predicted molar refractivity (Wildman–Crippen MR) is 158 cm³/mol. The molecule has 1 aromatic heterocycles. The summed E-state index contributed by atoms with van der Waals surface area (Å²) in [5.41, 5.74) is 1.87. The van der Waals surface area contributed by atoms with Gasteiger partial charge in [0, 0.05) is 48.3 Å². The molecule has 0 spiro atoms. The van der Waals surface area contributed by atoms with Crippen molar-refractivity contribution < 1.29 is 31.2 Å². The Bertz CT molecular complexity index is 1870. The first-order valence-electron chi connectivity index (χ1n) is 13.5. The Hall–Kier alpha value is -4.76. The number of carbonyl (C=O) groups excluding carboxylic acids is 2. The van der Waals surface area contributed by atoms with Crippen LogP contribution in [-0.4, -0.2) is 64.7 Å². The molecule has 222 valence electrons. The highest BCUT2D eigenvalue weighted by atomic mass is 32.2. The number of furan rings is 1. The lowest BCUT2D eigenvalue weighted by atomic mass is 9.97. The molecule has 1 aliphatic heterocycles. The van der Waals surface area contributed by atoms with Crippen LogP contribution in [0.25, 0.3) is 33.4 Å². The van der Waals surface area contributed by atoms with E-state index in [1.54, 1.807) is 35.2 Å². The van der Waals surface area contributed by atoms with E-state index in [9.17, 15) is 32.0 Å². The first kappa shape index (κ1) is 29.7. The number of sulfonamides is 1. The third kappa shape index (κ3) is 5.81. The highest BCUT2D eigenvalue weighted by Crippen LogP contribution is 2.42. The molecule has 1 fully saturated rings. The molecule has 0 aliphatic carbocycles. The maximum Gasteiger partial charge on any atom is 0.255 e. The Morgan fingerprint density at radius 3 is 2.51 bits per heavy atom. The van der Waals surface area contributed by atoms with Crippen LogP contribution < -0.4 is 9.62 Å². The van der Waals surface area contributed by atoms with Crippen LogP contribution in [0.2, 0.25) is 0 Å². The number of alkyl halides is 1. The van der Waals surface area contributed by atoms with E-state index in [1.165, 1.54) is 37.4 Å². The van der Waals surface area contributed by atoms with E-state index < -0.39 is 35.0 Å². The van der Waals surface area contributed by atoms with E-state index in [0.29, 0.717) is 47.2 Å². The van der Waals surface area contributed by atoms with E-state index in [4.69, 9.17) is 4.42 Å². The fraction of sp³-hybridized carbons (Fsp3) is 0.258. The van der Waals surface area contributed by atoms with Crippen molar-refractivity contribution in [1.82, 2.24) is 10.2 Å². The second-order valence-electron chi connectivity index (χ2n) is 10.2. The molecule has 5 rings (SSSR count). The second-order valence-corrected chi connectivity index (χ2v) is 12.1. The molecule has 0 radical (unpaired) electrons. The molecular weight excluding hydrogens is 578 g/mol. The Morgan fingerprint density at radius 1 is 1.14 bits per heavy atom. The number of anilines is 1. The van der Waals surface area contributed by atoms with Gasteiger partial charge in [-0.15, -0.1) is 0 Å². The van der Waals surface area contributed by atoms with E-state index in [2.05, 4.69) is 11.4 Å². The van der Waals surface area contributed by atoms with Gasteiger partial charge >= 0.3 is 0 Å². The van der Waals surface area contributed by atoms with Crippen LogP contribution in [-0.2, 0) is 10.0 Å². The first-order valence-corrected chi connectivity index (χ1v) is 15.3. The van der Waals surface area contributed by atoms with Crippen molar-refractivity contribution in [2.24, 2.45) is 5.92 Å². The van der Waals surface area contributed by atoms with Gasteiger partial charge in [-0.3, -0.25) is 13.9 Å². The van der Waals surface area contributed by atoms with Crippen molar-refractivity contribution in [3.05, 3.63) is 77.6 Å². The summed E-state index contributed by atoms with van der Waals surface area (Å²) in [6, 6.07) is 17.1. The maximum absolute atomic E-state index is 13.7. The van der Waals surface area contributed by atoms with Crippen LogP contribution in [0.3, 0.4) is 0 Å². The van der Waals surface area contributed by atoms with Crippen molar-refractivity contribution >= 4 is 38.5 Å². The van der Waals surface area contributed by atoms with Gasteiger partial charge in [-0.2, -0.15) is 5.26 Å². The van der Waals surface area contributed by atoms with Gasteiger partial charge in [0.2, 0.25) is 10.0 Å². The minimum Gasteiger partial charge on any atom is -0.455 e. The van der Waals surface area contributed by atoms with Crippen LogP contribution in [0.15, 0.2) is 65.1 Å². The number of likely N-dealkylation sites (tertiary alicyclic amines) is 1. The summed E-state index contributed by atoms with van der Waals surface area (Å²) in [6.45, 7) is -0.701. The number of nitriles is 1. The smallest absolute Gasteiger partial charge is 0.255 e. The second kappa shape index (κ2) is 11.9. The Balaban J connectivity index is 1.75. The van der Waals surface area contributed by atoms with E-state index in [1.807, 2.05) is 0 Å².